The topological polar surface area (TPSA) is 78.7 Å². The molecule has 3 unspecified atom stereocenters. The van der Waals surface area contributed by atoms with Gasteiger partial charge in [0.05, 0.1) is 11.1 Å². The average Bonchev–Trinajstić information content (AvgIpc) is 3.05. The van der Waals surface area contributed by atoms with Gasteiger partial charge in [-0.2, -0.15) is 26.3 Å². The van der Waals surface area contributed by atoms with E-state index in [1.165, 1.54) is 19.2 Å². The van der Waals surface area contributed by atoms with Crippen LogP contribution in [0.1, 0.15) is 29.8 Å². The van der Waals surface area contributed by atoms with Crippen LogP contribution < -0.4 is 10.4 Å². The summed E-state index contributed by atoms with van der Waals surface area (Å²) in [5.41, 5.74) is -5.09. The van der Waals surface area contributed by atoms with Crippen LogP contribution in [0.15, 0.2) is 36.7 Å². The fourth-order valence-corrected chi connectivity index (χ4v) is 3.37. The Morgan fingerprint density at radius 3 is 2.32 bits per heavy atom. The van der Waals surface area contributed by atoms with Crippen LogP contribution in [-0.4, -0.2) is 30.1 Å². The first-order valence-electron chi connectivity index (χ1n) is 9.03. The van der Waals surface area contributed by atoms with Gasteiger partial charge in [-0.1, -0.05) is 6.07 Å². The van der Waals surface area contributed by atoms with Gasteiger partial charge in [-0.05, 0) is 18.2 Å². The third kappa shape index (κ3) is 5.14. The maximum absolute atomic E-state index is 13.8. The van der Waals surface area contributed by atoms with Gasteiger partial charge < -0.3 is 20.3 Å². The van der Waals surface area contributed by atoms with Crippen molar-refractivity contribution in [2.75, 3.05) is 13.1 Å². The number of carbonyl (C=O) groups is 1. The Kier molecular flexibility index (Phi) is 6.25. The minimum absolute atomic E-state index is 0.0937. The molecular formula is C19H17F6N3O3. The lowest BCUT2D eigenvalue weighted by Crippen LogP contribution is -3.06. The van der Waals surface area contributed by atoms with E-state index in [9.17, 15) is 36.3 Å². The second-order valence-corrected chi connectivity index (χ2v) is 6.97. The molecule has 31 heavy (non-hydrogen) atoms. The number of halogens is 6. The summed E-state index contributed by atoms with van der Waals surface area (Å²) in [7, 11) is 0. The molecule has 0 saturated carbocycles. The molecule has 3 atom stereocenters. The highest BCUT2D eigenvalue weighted by atomic mass is 19.4. The third-order valence-corrected chi connectivity index (χ3v) is 4.65. The van der Waals surface area contributed by atoms with Crippen molar-refractivity contribution in [3.05, 3.63) is 58.6 Å². The molecule has 1 aromatic heterocycles. The van der Waals surface area contributed by atoms with E-state index >= 15 is 0 Å². The number of hydroxylamine groups is 2. The molecule has 0 aliphatic carbocycles. The van der Waals surface area contributed by atoms with E-state index in [1.54, 1.807) is 0 Å². The SMILES string of the molecule is CC(=O)NCC1C[NH+]([O-])C(c2cc(C(F)(F)F)c(-c3cccnc3)c(C(F)(F)F)c2)O1. The Morgan fingerprint density at radius 1 is 1.23 bits per heavy atom. The second-order valence-electron chi connectivity index (χ2n) is 6.97. The van der Waals surface area contributed by atoms with E-state index in [1.807, 2.05) is 0 Å². The van der Waals surface area contributed by atoms with E-state index < -0.39 is 57.9 Å². The molecule has 1 aromatic carbocycles. The highest BCUT2D eigenvalue weighted by Gasteiger charge is 2.44. The number of hydrogen-bond donors (Lipinski definition) is 2. The highest BCUT2D eigenvalue weighted by molar-refractivity contribution is 5.73. The van der Waals surface area contributed by atoms with Crippen LogP contribution in [0.3, 0.4) is 0 Å². The average molecular weight is 449 g/mol. The van der Waals surface area contributed by atoms with Crippen molar-refractivity contribution in [3.8, 4) is 11.1 Å². The van der Waals surface area contributed by atoms with Crippen LogP contribution in [0.25, 0.3) is 11.1 Å². The molecule has 3 rings (SSSR count). The summed E-state index contributed by atoms with van der Waals surface area (Å²) < 4.78 is 88.1. The zero-order valence-electron chi connectivity index (χ0n) is 16.0. The molecule has 0 radical (unpaired) electrons. The van der Waals surface area contributed by atoms with E-state index in [0.29, 0.717) is 12.1 Å². The molecule has 6 nitrogen and oxygen atoms in total. The molecular weight excluding hydrogens is 432 g/mol. The number of nitrogens with zero attached hydrogens (tertiary/aromatic N) is 1. The lowest BCUT2D eigenvalue weighted by Gasteiger charge is -2.26. The Labute approximate surface area is 172 Å². The van der Waals surface area contributed by atoms with E-state index in [0.717, 1.165) is 12.3 Å². The number of amides is 1. The molecule has 1 aliphatic rings. The lowest BCUT2D eigenvalue weighted by atomic mass is 9.91. The highest BCUT2D eigenvalue weighted by Crippen LogP contribution is 2.45. The third-order valence-electron chi connectivity index (χ3n) is 4.65. The number of rotatable bonds is 4. The van der Waals surface area contributed by atoms with Gasteiger partial charge in [0.15, 0.2) is 0 Å². The maximum atomic E-state index is 13.8. The van der Waals surface area contributed by atoms with Crippen LogP contribution in [0.5, 0.6) is 0 Å². The van der Waals surface area contributed by atoms with Crippen LogP contribution in [0.4, 0.5) is 26.3 Å². The predicted octanol–water partition coefficient (Wildman–Crippen LogP) is 2.70. The molecule has 1 aliphatic heterocycles. The molecule has 1 amide bonds. The van der Waals surface area contributed by atoms with Crippen LogP contribution >= 0.6 is 0 Å². The zero-order valence-corrected chi connectivity index (χ0v) is 16.0. The Hall–Kier alpha value is -2.70. The molecule has 1 fully saturated rings. The summed E-state index contributed by atoms with van der Waals surface area (Å²) >= 11 is 0. The van der Waals surface area contributed by atoms with Crippen molar-refractivity contribution in [2.45, 2.75) is 31.6 Å². The quantitative estimate of drug-likeness (QED) is 0.556. The number of nitrogens with one attached hydrogen (secondary N) is 2. The lowest BCUT2D eigenvalue weighted by molar-refractivity contribution is -0.882. The molecule has 2 aromatic rings. The number of aromatic nitrogens is 1. The fraction of sp³-hybridized carbons (Fsp3) is 0.368. The first-order chi connectivity index (χ1) is 14.4. The molecule has 2 heterocycles. The monoisotopic (exact) mass is 449 g/mol. The molecule has 2 N–H and O–H groups in total. The fourth-order valence-electron chi connectivity index (χ4n) is 3.37. The smallest absolute Gasteiger partial charge is 0.417 e. The van der Waals surface area contributed by atoms with Crippen molar-refractivity contribution in [2.24, 2.45) is 0 Å². The summed E-state index contributed by atoms with van der Waals surface area (Å²) in [4.78, 5) is 14.6. The van der Waals surface area contributed by atoms with Gasteiger partial charge in [0.2, 0.25) is 12.1 Å². The van der Waals surface area contributed by atoms with Crippen LogP contribution in [0.2, 0.25) is 0 Å². The van der Waals surface area contributed by atoms with E-state index in [-0.39, 0.29) is 18.7 Å². The summed E-state index contributed by atoms with van der Waals surface area (Å²) in [5.74, 6) is -0.418. The number of pyridine rings is 1. The zero-order chi connectivity index (χ0) is 23.0. The Morgan fingerprint density at radius 2 is 1.84 bits per heavy atom. The van der Waals surface area contributed by atoms with E-state index in [2.05, 4.69) is 10.3 Å². The summed E-state index contributed by atoms with van der Waals surface area (Å²) in [6.45, 7) is 0.873. The molecule has 12 heteroatoms. The van der Waals surface area contributed by atoms with Crippen molar-refractivity contribution in [1.29, 1.82) is 0 Å². The number of quaternary nitrogens is 1. The number of benzene rings is 1. The number of ether oxygens (including phenoxy) is 1. The summed E-state index contributed by atoms with van der Waals surface area (Å²) in [6.07, 6.45) is -10.6. The first kappa shape index (κ1) is 23.0. The number of hydrogen-bond acceptors (Lipinski definition) is 4. The Balaban J connectivity index is 2.13. The predicted molar refractivity (Wildman–Crippen MR) is 95.2 cm³/mol. The van der Waals surface area contributed by atoms with Crippen molar-refractivity contribution >= 4 is 5.91 Å². The van der Waals surface area contributed by atoms with Gasteiger partial charge in [-0.25, -0.2) is 0 Å². The van der Waals surface area contributed by atoms with Gasteiger partial charge in [-0.3, -0.25) is 9.78 Å². The largest absolute Gasteiger partial charge is 0.632 e. The minimum Gasteiger partial charge on any atom is -0.632 e. The summed E-state index contributed by atoms with van der Waals surface area (Å²) in [5, 5.41) is 14.0. The van der Waals surface area contributed by atoms with Crippen molar-refractivity contribution in [3.63, 3.8) is 0 Å². The summed E-state index contributed by atoms with van der Waals surface area (Å²) in [6, 6.07) is 3.31. The Bertz CT molecular complexity index is 914. The van der Waals surface area contributed by atoms with Gasteiger partial charge in [0, 0.05) is 42.6 Å². The minimum atomic E-state index is -5.14. The van der Waals surface area contributed by atoms with Gasteiger partial charge in [0.1, 0.15) is 12.6 Å². The number of carbonyl (C=O) groups excluding carboxylic acids is 1. The van der Waals surface area contributed by atoms with Gasteiger partial charge >= 0.3 is 12.4 Å². The van der Waals surface area contributed by atoms with Gasteiger partial charge in [-0.15, -0.1) is 0 Å². The standard InChI is InChI=1S/C19H17F6N3O3/c1-10(29)27-8-13-9-28(30)17(31-13)12-5-14(18(20,21)22)16(11-3-2-4-26-7-11)15(6-12)19(23,24)25/h2-7,13,17,28H,8-9H2,1H3,(H,27,29). The number of alkyl halides is 6. The normalized spacial score (nSPS) is 21.9. The molecule has 168 valence electrons. The molecule has 0 spiro atoms. The maximum Gasteiger partial charge on any atom is 0.417 e. The molecule has 0 bridgehead atoms. The van der Waals surface area contributed by atoms with Crippen molar-refractivity contribution < 1.29 is 40.9 Å². The van der Waals surface area contributed by atoms with Crippen molar-refractivity contribution in [1.82, 2.24) is 10.3 Å². The van der Waals surface area contributed by atoms with Crippen LogP contribution in [0, 0.1) is 5.21 Å². The first-order valence-corrected chi connectivity index (χ1v) is 9.03. The van der Waals surface area contributed by atoms with E-state index in [4.69, 9.17) is 4.74 Å². The van der Waals surface area contributed by atoms with Gasteiger partial charge in [0.25, 0.3) is 0 Å². The van der Waals surface area contributed by atoms with Crippen LogP contribution in [-0.2, 0) is 21.9 Å². The second kappa shape index (κ2) is 8.44. The molecule has 1 saturated heterocycles.